The minimum atomic E-state index is -4.82. The first-order valence-electron chi connectivity index (χ1n) is 10.2. The standard InChI is InChI=1S/C24H27F3O5/c1-5-6-19(15-7-9-17(10-8-15)21(28)29)20(22(30)32-23(2,3)4)16-11-13-18(14-12-16)31-24(25,26)27/h7-14,19-20H,5-6H2,1-4H3,(H,28,29). The molecule has 2 unspecified atom stereocenters. The van der Waals surface area contributed by atoms with E-state index in [-0.39, 0.29) is 17.2 Å². The van der Waals surface area contributed by atoms with Crippen molar-refractivity contribution in [1.82, 2.24) is 0 Å². The molecule has 0 heterocycles. The van der Waals surface area contributed by atoms with Crippen LogP contribution < -0.4 is 4.74 Å². The molecule has 2 rings (SSSR count). The highest BCUT2D eigenvalue weighted by molar-refractivity contribution is 5.87. The highest BCUT2D eigenvalue weighted by Crippen LogP contribution is 2.39. The number of carboxylic acid groups (broad SMARTS) is 1. The largest absolute Gasteiger partial charge is 0.573 e. The van der Waals surface area contributed by atoms with Crippen molar-refractivity contribution in [3.05, 3.63) is 65.2 Å². The first-order valence-corrected chi connectivity index (χ1v) is 10.2. The van der Waals surface area contributed by atoms with Gasteiger partial charge in [0.05, 0.1) is 11.5 Å². The maximum Gasteiger partial charge on any atom is 0.573 e. The summed E-state index contributed by atoms with van der Waals surface area (Å²) in [5.74, 6) is -3.13. The second-order valence-corrected chi connectivity index (χ2v) is 8.45. The third kappa shape index (κ3) is 7.28. The van der Waals surface area contributed by atoms with Gasteiger partial charge in [-0.05, 0) is 62.6 Å². The second kappa shape index (κ2) is 10.1. The van der Waals surface area contributed by atoms with E-state index in [0.717, 1.165) is 24.1 Å². The SMILES string of the molecule is CCCC(c1ccc(C(=O)O)cc1)C(C(=O)OC(C)(C)C)c1ccc(OC(F)(F)F)cc1. The molecule has 0 aliphatic rings. The molecule has 32 heavy (non-hydrogen) atoms. The molecule has 0 aliphatic heterocycles. The van der Waals surface area contributed by atoms with E-state index in [0.29, 0.717) is 12.0 Å². The lowest BCUT2D eigenvalue weighted by molar-refractivity contribution is -0.274. The van der Waals surface area contributed by atoms with Crippen LogP contribution in [-0.4, -0.2) is 29.0 Å². The van der Waals surface area contributed by atoms with Crippen LogP contribution in [0, 0.1) is 0 Å². The van der Waals surface area contributed by atoms with Crippen LogP contribution in [0.2, 0.25) is 0 Å². The fourth-order valence-corrected chi connectivity index (χ4v) is 3.48. The maximum atomic E-state index is 13.2. The molecule has 174 valence electrons. The van der Waals surface area contributed by atoms with Crippen molar-refractivity contribution in [1.29, 1.82) is 0 Å². The Hall–Kier alpha value is -3.03. The average molecular weight is 452 g/mol. The van der Waals surface area contributed by atoms with E-state index < -0.39 is 29.8 Å². The molecule has 2 aromatic rings. The normalized spacial score (nSPS) is 13.8. The minimum absolute atomic E-state index is 0.117. The summed E-state index contributed by atoms with van der Waals surface area (Å²) in [5.41, 5.74) is 0.572. The van der Waals surface area contributed by atoms with Crippen LogP contribution in [0.5, 0.6) is 5.75 Å². The lowest BCUT2D eigenvalue weighted by Gasteiger charge is -2.30. The molecule has 0 aliphatic carbocycles. The molecule has 2 atom stereocenters. The van der Waals surface area contributed by atoms with Gasteiger partial charge in [-0.3, -0.25) is 4.79 Å². The van der Waals surface area contributed by atoms with Crippen molar-refractivity contribution in [2.75, 3.05) is 0 Å². The number of rotatable bonds is 8. The number of ether oxygens (including phenoxy) is 2. The molecule has 1 N–H and O–H groups in total. The Morgan fingerprint density at radius 3 is 1.91 bits per heavy atom. The number of carbonyl (C=O) groups excluding carboxylic acids is 1. The summed E-state index contributed by atoms with van der Waals surface area (Å²) in [7, 11) is 0. The van der Waals surface area contributed by atoms with E-state index in [1.807, 2.05) is 6.92 Å². The van der Waals surface area contributed by atoms with Crippen molar-refractivity contribution in [3.8, 4) is 5.75 Å². The highest BCUT2D eigenvalue weighted by Gasteiger charge is 2.35. The zero-order valence-corrected chi connectivity index (χ0v) is 18.4. The summed E-state index contributed by atoms with van der Waals surface area (Å²) in [5, 5.41) is 9.16. The van der Waals surface area contributed by atoms with Crippen molar-refractivity contribution < 1.29 is 37.3 Å². The number of benzene rings is 2. The molecule has 2 aromatic carbocycles. The summed E-state index contributed by atoms with van der Waals surface area (Å²) in [6, 6.07) is 11.4. The van der Waals surface area contributed by atoms with Crippen molar-refractivity contribution in [3.63, 3.8) is 0 Å². The van der Waals surface area contributed by atoms with E-state index in [1.54, 1.807) is 32.9 Å². The van der Waals surface area contributed by atoms with Gasteiger partial charge in [-0.25, -0.2) is 4.79 Å². The van der Waals surface area contributed by atoms with E-state index >= 15 is 0 Å². The predicted octanol–water partition coefficient (Wildman–Crippen LogP) is 6.29. The molecule has 0 amide bonds. The quantitative estimate of drug-likeness (QED) is 0.477. The summed E-state index contributed by atoms with van der Waals surface area (Å²) in [6.07, 6.45) is -3.51. The van der Waals surface area contributed by atoms with Crippen LogP contribution in [0.1, 0.15) is 73.9 Å². The first-order chi connectivity index (χ1) is 14.8. The number of halogens is 3. The number of aromatic carboxylic acids is 1. The Kier molecular flexibility index (Phi) is 7.93. The van der Waals surface area contributed by atoms with Crippen LogP contribution in [0.25, 0.3) is 0 Å². The van der Waals surface area contributed by atoms with Gasteiger partial charge in [-0.15, -0.1) is 13.2 Å². The van der Waals surface area contributed by atoms with Crippen LogP contribution >= 0.6 is 0 Å². The van der Waals surface area contributed by atoms with E-state index in [2.05, 4.69) is 4.74 Å². The molecule has 0 aromatic heterocycles. The predicted molar refractivity (Wildman–Crippen MR) is 113 cm³/mol. The van der Waals surface area contributed by atoms with Gasteiger partial charge in [-0.2, -0.15) is 0 Å². The van der Waals surface area contributed by atoms with E-state index in [9.17, 15) is 22.8 Å². The van der Waals surface area contributed by atoms with Crippen molar-refractivity contribution >= 4 is 11.9 Å². The van der Waals surface area contributed by atoms with Crippen LogP contribution in [0.15, 0.2) is 48.5 Å². The monoisotopic (exact) mass is 452 g/mol. The molecule has 0 spiro atoms. The molecular formula is C24H27F3O5. The van der Waals surface area contributed by atoms with Gasteiger partial charge in [0, 0.05) is 5.92 Å². The van der Waals surface area contributed by atoms with Crippen molar-refractivity contribution in [2.45, 2.75) is 64.3 Å². The van der Waals surface area contributed by atoms with Crippen molar-refractivity contribution in [2.24, 2.45) is 0 Å². The zero-order chi connectivity index (χ0) is 24.1. The Labute approximate surface area is 185 Å². The van der Waals surface area contributed by atoms with Gasteiger partial charge in [0.25, 0.3) is 0 Å². The Bertz CT molecular complexity index is 913. The lowest BCUT2D eigenvalue weighted by Crippen LogP contribution is -2.30. The summed E-state index contributed by atoms with van der Waals surface area (Å²) < 4.78 is 47.1. The van der Waals surface area contributed by atoms with Gasteiger partial charge in [0.15, 0.2) is 0 Å². The van der Waals surface area contributed by atoms with Crippen LogP contribution in [0.4, 0.5) is 13.2 Å². The van der Waals surface area contributed by atoms with Gasteiger partial charge < -0.3 is 14.6 Å². The Morgan fingerprint density at radius 1 is 0.938 bits per heavy atom. The smallest absolute Gasteiger partial charge is 0.478 e. The Balaban J connectivity index is 2.49. The van der Waals surface area contributed by atoms with Gasteiger partial charge in [-0.1, -0.05) is 37.6 Å². The van der Waals surface area contributed by atoms with E-state index in [1.165, 1.54) is 24.3 Å². The van der Waals surface area contributed by atoms with Gasteiger partial charge >= 0.3 is 18.3 Å². The molecule has 8 heteroatoms. The fraction of sp³-hybridized carbons (Fsp3) is 0.417. The van der Waals surface area contributed by atoms with Crippen LogP contribution in [0.3, 0.4) is 0 Å². The van der Waals surface area contributed by atoms with Crippen LogP contribution in [-0.2, 0) is 9.53 Å². The molecular weight excluding hydrogens is 425 g/mol. The zero-order valence-electron chi connectivity index (χ0n) is 18.4. The molecule has 0 radical (unpaired) electrons. The minimum Gasteiger partial charge on any atom is -0.478 e. The van der Waals surface area contributed by atoms with E-state index in [4.69, 9.17) is 9.84 Å². The fourth-order valence-electron chi connectivity index (χ4n) is 3.48. The molecule has 0 saturated carbocycles. The third-order valence-corrected chi connectivity index (χ3v) is 4.72. The topological polar surface area (TPSA) is 72.8 Å². The summed E-state index contributed by atoms with van der Waals surface area (Å²) in [6.45, 7) is 7.15. The summed E-state index contributed by atoms with van der Waals surface area (Å²) in [4.78, 5) is 24.4. The number of hydrogen-bond donors (Lipinski definition) is 1. The Morgan fingerprint density at radius 2 is 1.47 bits per heavy atom. The molecule has 0 saturated heterocycles. The lowest BCUT2D eigenvalue weighted by atomic mass is 9.78. The number of carbonyl (C=O) groups is 2. The van der Waals surface area contributed by atoms with Gasteiger partial charge in [0.1, 0.15) is 11.4 Å². The van der Waals surface area contributed by atoms with Gasteiger partial charge in [0.2, 0.25) is 0 Å². The summed E-state index contributed by atoms with van der Waals surface area (Å²) >= 11 is 0. The number of alkyl halides is 3. The number of esters is 1. The number of carboxylic acids is 1. The number of hydrogen-bond acceptors (Lipinski definition) is 4. The average Bonchev–Trinajstić information content (AvgIpc) is 2.66. The highest BCUT2D eigenvalue weighted by atomic mass is 19.4. The molecule has 5 nitrogen and oxygen atoms in total. The molecule has 0 bridgehead atoms. The maximum absolute atomic E-state index is 13.2. The first kappa shape index (κ1) is 25.2. The molecule has 0 fully saturated rings. The third-order valence-electron chi connectivity index (χ3n) is 4.72. The second-order valence-electron chi connectivity index (χ2n) is 8.45.